The van der Waals surface area contributed by atoms with Crippen LogP contribution in [0.5, 0.6) is 11.5 Å². The molecular weight excluding hydrogens is 605 g/mol. The summed E-state index contributed by atoms with van der Waals surface area (Å²) in [5.41, 5.74) is 13.6. The van der Waals surface area contributed by atoms with Gasteiger partial charge in [0.15, 0.2) is 0 Å². The molecule has 0 aromatic heterocycles. The minimum atomic E-state index is -4.19. The van der Waals surface area contributed by atoms with Crippen molar-refractivity contribution in [3.05, 3.63) is 89.5 Å². The third-order valence-electron chi connectivity index (χ3n) is 6.11. The first kappa shape index (κ1) is 37.3. The zero-order valence-corrected chi connectivity index (χ0v) is 25.6. The van der Waals surface area contributed by atoms with E-state index in [0.29, 0.717) is 41.3 Å². The van der Waals surface area contributed by atoms with Crippen molar-refractivity contribution in [3.8, 4) is 11.5 Å². The molecule has 3 aromatic rings. The van der Waals surface area contributed by atoms with Gasteiger partial charge in [-0.15, -0.1) is 0 Å². The van der Waals surface area contributed by atoms with E-state index in [9.17, 15) is 27.6 Å². The van der Waals surface area contributed by atoms with Crippen LogP contribution in [-0.4, -0.2) is 51.3 Å². The van der Waals surface area contributed by atoms with Gasteiger partial charge in [0.25, 0.3) is 0 Å². The van der Waals surface area contributed by atoms with Gasteiger partial charge in [-0.2, -0.15) is 13.2 Å². The maximum Gasteiger partial charge on any atom is 0.389 e. The van der Waals surface area contributed by atoms with Crippen molar-refractivity contribution in [3.63, 3.8) is 0 Å². The number of carbonyl (C=O) groups is 3. The second kappa shape index (κ2) is 20.2. The highest BCUT2D eigenvalue weighted by molar-refractivity contribution is 5.92. The number of ether oxygens (including phenoxy) is 4. The van der Waals surface area contributed by atoms with Crippen LogP contribution >= 0.6 is 0 Å². The smallest absolute Gasteiger partial charge is 0.389 e. The van der Waals surface area contributed by atoms with E-state index >= 15 is 0 Å². The molecule has 248 valence electrons. The third-order valence-corrected chi connectivity index (χ3v) is 6.11. The summed E-state index contributed by atoms with van der Waals surface area (Å²) in [5, 5.41) is 0. The van der Waals surface area contributed by atoms with Gasteiger partial charge in [0.1, 0.15) is 17.8 Å². The molecule has 0 aliphatic carbocycles. The van der Waals surface area contributed by atoms with E-state index in [1.807, 2.05) is 0 Å². The lowest BCUT2D eigenvalue weighted by molar-refractivity contribution is -0.136. The van der Waals surface area contributed by atoms with Gasteiger partial charge in [-0.1, -0.05) is 24.6 Å². The van der Waals surface area contributed by atoms with Crippen LogP contribution in [0.1, 0.15) is 64.8 Å². The molecule has 0 aliphatic heterocycles. The van der Waals surface area contributed by atoms with Crippen LogP contribution in [0.25, 0.3) is 6.08 Å². The summed E-state index contributed by atoms with van der Waals surface area (Å²) in [6.07, 6.45) is 2.40. The van der Waals surface area contributed by atoms with Crippen LogP contribution in [0.15, 0.2) is 72.8 Å². The van der Waals surface area contributed by atoms with Crippen molar-refractivity contribution in [2.24, 2.45) is 0 Å². The molecule has 12 heteroatoms. The number of hydrogen-bond donors (Lipinski definition) is 2. The zero-order chi connectivity index (χ0) is 33.8. The fourth-order valence-electron chi connectivity index (χ4n) is 3.86. The summed E-state index contributed by atoms with van der Waals surface area (Å²) in [5.74, 6) is -0.235. The molecule has 0 fully saturated rings. The Hall–Kier alpha value is -4.84. The van der Waals surface area contributed by atoms with Gasteiger partial charge in [-0.3, -0.25) is 4.79 Å². The van der Waals surface area contributed by atoms with E-state index in [1.54, 1.807) is 55.7 Å². The first-order valence-electron chi connectivity index (χ1n) is 14.6. The summed E-state index contributed by atoms with van der Waals surface area (Å²) in [7, 11) is 1.69. The maximum atomic E-state index is 12.1. The summed E-state index contributed by atoms with van der Waals surface area (Å²) < 4.78 is 56.7. The zero-order valence-electron chi connectivity index (χ0n) is 25.6. The number of esters is 2. The van der Waals surface area contributed by atoms with Crippen molar-refractivity contribution in [2.45, 2.75) is 44.7 Å². The Balaban J connectivity index is 0.000000341. The first-order chi connectivity index (χ1) is 22.0. The Morgan fingerprint density at radius 2 is 1.35 bits per heavy atom. The predicted molar refractivity (Wildman–Crippen MR) is 170 cm³/mol. The number of allylic oxidation sites excluding steroid dienone is 1. The molecule has 3 aromatic carbocycles. The van der Waals surface area contributed by atoms with Gasteiger partial charge >= 0.3 is 18.1 Å². The summed E-state index contributed by atoms with van der Waals surface area (Å²) >= 11 is 0. The molecule has 46 heavy (non-hydrogen) atoms. The minimum absolute atomic E-state index is 0.0613. The second-order valence-corrected chi connectivity index (χ2v) is 9.98. The van der Waals surface area contributed by atoms with Crippen LogP contribution in [-0.2, 0) is 14.3 Å². The van der Waals surface area contributed by atoms with Gasteiger partial charge in [0.05, 0.1) is 24.3 Å². The fraction of sp³-hybridized carbons (Fsp3) is 0.324. The Labute approximate surface area is 266 Å². The molecule has 0 unspecified atom stereocenters. The Kier molecular flexibility index (Phi) is 16.4. The Bertz CT molecular complexity index is 1370. The summed E-state index contributed by atoms with van der Waals surface area (Å²) in [4.78, 5) is 34.1. The molecule has 9 nitrogen and oxygen atoms in total. The van der Waals surface area contributed by atoms with Crippen LogP contribution in [0.3, 0.4) is 0 Å². The number of nitrogens with two attached hydrogens (primary N) is 2. The van der Waals surface area contributed by atoms with E-state index in [0.717, 1.165) is 37.9 Å². The minimum Gasteiger partial charge on any atom is -0.494 e. The lowest BCUT2D eigenvalue weighted by Gasteiger charge is -2.09. The lowest BCUT2D eigenvalue weighted by Crippen LogP contribution is -2.10. The number of nitrogen functional groups attached to an aromatic ring is 2. The third kappa shape index (κ3) is 15.8. The molecule has 0 bridgehead atoms. The highest BCUT2D eigenvalue weighted by atomic mass is 19.4. The number of carbonyl (C=O) groups excluding carboxylic acids is 3. The number of rotatable bonds is 16. The number of alkyl halides is 3. The van der Waals surface area contributed by atoms with E-state index in [1.165, 1.54) is 30.3 Å². The first-order valence-corrected chi connectivity index (χ1v) is 14.6. The molecule has 0 atom stereocenters. The van der Waals surface area contributed by atoms with Crippen LogP contribution in [0.2, 0.25) is 0 Å². The number of benzene rings is 3. The van der Waals surface area contributed by atoms with Crippen molar-refractivity contribution in [1.29, 1.82) is 0 Å². The van der Waals surface area contributed by atoms with Gasteiger partial charge < -0.3 is 30.4 Å². The maximum absolute atomic E-state index is 12.1. The molecular formula is C34H39F3N2O7. The summed E-state index contributed by atoms with van der Waals surface area (Å²) in [6, 6.07) is 17.3. The molecule has 0 spiro atoms. The van der Waals surface area contributed by atoms with Crippen LogP contribution < -0.4 is 20.9 Å². The lowest BCUT2D eigenvalue weighted by atomic mass is 10.2. The van der Waals surface area contributed by atoms with Gasteiger partial charge in [-0.25, -0.2) is 9.59 Å². The average Bonchev–Trinajstić information content (AvgIpc) is 3.02. The van der Waals surface area contributed by atoms with E-state index in [-0.39, 0.29) is 24.6 Å². The number of unbranched alkanes of at least 4 members (excludes halogenated alkanes) is 3. The van der Waals surface area contributed by atoms with E-state index < -0.39 is 18.6 Å². The monoisotopic (exact) mass is 644 g/mol. The summed E-state index contributed by atoms with van der Waals surface area (Å²) in [6.45, 7) is 1.14. The molecule has 0 saturated carbocycles. The number of halogens is 3. The van der Waals surface area contributed by atoms with Gasteiger partial charge in [0, 0.05) is 31.5 Å². The number of anilines is 2. The molecule has 0 radical (unpaired) electrons. The Morgan fingerprint density at radius 1 is 0.739 bits per heavy atom. The number of hydrogen-bond acceptors (Lipinski definition) is 9. The quantitative estimate of drug-likeness (QED) is 0.0419. The second-order valence-electron chi connectivity index (χ2n) is 9.98. The van der Waals surface area contributed by atoms with Crippen molar-refractivity contribution in [1.82, 2.24) is 0 Å². The van der Waals surface area contributed by atoms with Crippen LogP contribution in [0, 0.1) is 0 Å². The molecule has 0 heterocycles. The largest absolute Gasteiger partial charge is 0.494 e. The highest BCUT2D eigenvalue weighted by Crippen LogP contribution is 2.22. The van der Waals surface area contributed by atoms with Crippen LogP contribution in [0.4, 0.5) is 24.5 Å². The number of aldehydes is 1. The average molecular weight is 645 g/mol. The van der Waals surface area contributed by atoms with Crippen molar-refractivity contribution >= 4 is 35.7 Å². The normalized spacial score (nSPS) is 11.0. The Morgan fingerprint density at radius 3 is 1.93 bits per heavy atom. The molecule has 0 aliphatic rings. The molecule has 0 amide bonds. The van der Waals surface area contributed by atoms with Crippen molar-refractivity contribution in [2.75, 3.05) is 38.4 Å². The van der Waals surface area contributed by atoms with Gasteiger partial charge in [-0.05, 0) is 91.9 Å². The van der Waals surface area contributed by atoms with E-state index in [2.05, 4.69) is 0 Å². The topological polar surface area (TPSA) is 140 Å². The predicted octanol–water partition coefficient (Wildman–Crippen LogP) is 7.05. The molecule has 3 rings (SSSR count). The number of methoxy groups -OCH3 is 1. The van der Waals surface area contributed by atoms with E-state index in [4.69, 9.17) is 30.4 Å². The van der Waals surface area contributed by atoms with Crippen molar-refractivity contribution < 1.29 is 46.5 Å². The SMILES string of the molecule is COCCCCCCOC(=O)c1cc(N)cc(N)c1.O=C/C=C/c1ccc(OC(=O)c2ccc(OCCCC(F)(F)F)cc2)cc1. The fourth-order valence-corrected chi connectivity index (χ4v) is 3.86. The van der Waals surface area contributed by atoms with Gasteiger partial charge in [0.2, 0.25) is 0 Å². The standard InChI is InChI=1S/C20H17F3O4.C14H22N2O3/c21-20(22,23)12-2-14-26-17-10-6-16(7-11-17)19(25)27-18-8-4-15(5-9-18)3-1-13-24;1-18-6-4-2-3-5-7-19-14(17)11-8-12(15)10-13(16)9-11/h1,3-11,13H,2,12,14H2;8-10H,2-7,15-16H2,1H3/b3-1+;. The highest BCUT2D eigenvalue weighted by Gasteiger charge is 2.26. The molecule has 4 N–H and O–H groups in total. The molecule has 0 saturated heterocycles.